The number of nitrogens with zero attached hydrogens (tertiary/aromatic N) is 2. The molecule has 0 saturated carbocycles. The van der Waals surface area contributed by atoms with Crippen molar-refractivity contribution >= 4 is 29.0 Å². The zero-order valence-corrected chi connectivity index (χ0v) is 28.7. The van der Waals surface area contributed by atoms with Crippen LogP contribution in [0.1, 0.15) is 87.4 Å². The van der Waals surface area contributed by atoms with Gasteiger partial charge in [-0.2, -0.15) is 0 Å². The van der Waals surface area contributed by atoms with Crippen LogP contribution in [-0.2, 0) is 65.5 Å². The van der Waals surface area contributed by atoms with Crippen LogP contribution in [0.2, 0.25) is 0 Å². The smallest absolute Gasteiger partial charge is 0.257 e. The second-order valence-corrected chi connectivity index (χ2v) is 9.24. The van der Waals surface area contributed by atoms with Crippen molar-refractivity contribution in [1.29, 1.82) is 0 Å². The minimum absolute atomic E-state index is 0. The first-order chi connectivity index (χ1) is 21.0. The van der Waals surface area contributed by atoms with Crippen molar-refractivity contribution in [2.24, 2.45) is 11.5 Å². The van der Waals surface area contributed by atoms with E-state index in [-0.39, 0.29) is 49.5 Å². The van der Waals surface area contributed by atoms with E-state index in [1.807, 2.05) is 41.5 Å². The number of aryl methyl sites for hydroxylation is 2. The van der Waals surface area contributed by atoms with Gasteiger partial charge in [0.25, 0.3) is 5.56 Å². The molecule has 1 aromatic carbocycles. The van der Waals surface area contributed by atoms with Gasteiger partial charge in [0.15, 0.2) is 6.29 Å². The predicted octanol–water partition coefficient (Wildman–Crippen LogP) is 4.19. The number of carbonyl (C=O) groups is 3. The largest absolute Gasteiger partial charge is 0.666 e. The molecule has 252 valence electrons. The topological polar surface area (TPSA) is 191 Å². The average molecular weight is 721 g/mol. The zero-order valence-electron chi connectivity index (χ0n) is 27.2. The number of aliphatic hydroxyl groups excluding tert-OH is 1. The molecule has 0 fully saturated rings. The van der Waals surface area contributed by atoms with Crippen LogP contribution >= 0.6 is 0 Å². The Balaban J connectivity index is 0.00000111. The molecule has 2 atom stereocenters. The van der Waals surface area contributed by atoms with Crippen molar-refractivity contribution in [3.05, 3.63) is 67.4 Å². The number of carbonyl (C=O) groups excluding carboxylic acids is 3. The van der Waals surface area contributed by atoms with E-state index in [4.69, 9.17) is 21.2 Å². The van der Waals surface area contributed by atoms with Crippen LogP contribution in [0.5, 0.6) is 0 Å². The molecule has 0 bridgehead atoms. The molecule has 2 unspecified atom stereocenters. The van der Waals surface area contributed by atoms with Crippen molar-refractivity contribution in [1.82, 2.24) is 9.55 Å². The summed E-state index contributed by atoms with van der Waals surface area (Å²) >= 11 is 0. The number of methoxy groups -OCH3 is 1. The Labute approximate surface area is 277 Å². The fourth-order valence-corrected chi connectivity index (χ4v) is 5.08. The third-order valence-electron chi connectivity index (χ3n) is 6.99. The van der Waals surface area contributed by atoms with E-state index < -0.39 is 24.0 Å². The molecule has 0 spiro atoms. The summed E-state index contributed by atoms with van der Waals surface area (Å²) < 4.78 is 21.3. The molecule has 1 aliphatic heterocycles. The molecule has 13 heteroatoms. The number of pyridine rings is 2. The number of aldehydes is 1. The number of nitrogens with two attached hydrogens (primary N) is 2. The maximum Gasteiger partial charge on any atom is 0.257 e. The van der Waals surface area contributed by atoms with Gasteiger partial charge in [-0.1, -0.05) is 41.5 Å². The number of ether oxygens (including phenoxy) is 1. The van der Waals surface area contributed by atoms with Gasteiger partial charge in [-0.25, -0.2) is 9.37 Å². The summed E-state index contributed by atoms with van der Waals surface area (Å²) in [6.45, 7) is 14.2. The van der Waals surface area contributed by atoms with Gasteiger partial charge in [-0.3, -0.25) is 9.59 Å². The van der Waals surface area contributed by atoms with Gasteiger partial charge in [-0.15, -0.1) is 0 Å². The number of aromatic nitrogens is 2. The normalized spacial score (nSPS) is 12.8. The van der Waals surface area contributed by atoms with Gasteiger partial charge >= 0.3 is 0 Å². The molecule has 11 nitrogen and oxygen atoms in total. The van der Waals surface area contributed by atoms with Crippen LogP contribution in [0.25, 0.3) is 28.0 Å². The molecule has 6 N–H and O–H groups in total. The molecule has 1 aliphatic carbocycles. The Morgan fingerprint density at radius 2 is 1.71 bits per heavy atom. The molecule has 2 aromatic heterocycles. The fourth-order valence-electron chi connectivity index (χ4n) is 5.08. The van der Waals surface area contributed by atoms with Gasteiger partial charge in [0.1, 0.15) is 18.0 Å². The molecule has 2 aliphatic rings. The van der Waals surface area contributed by atoms with Crippen LogP contribution in [-0.4, -0.2) is 45.9 Å². The quantitative estimate of drug-likeness (QED) is 0.150. The van der Waals surface area contributed by atoms with Crippen molar-refractivity contribution in [3.63, 3.8) is 0 Å². The number of fused-ring (bicyclic) bond motifs is 4. The Morgan fingerprint density at radius 1 is 1.13 bits per heavy atom. The van der Waals surface area contributed by atoms with Gasteiger partial charge < -0.3 is 41.2 Å². The maximum atomic E-state index is 14.5. The second kappa shape index (κ2) is 19.2. The van der Waals surface area contributed by atoms with E-state index in [1.165, 1.54) is 13.2 Å². The Bertz CT molecular complexity index is 1550. The maximum absolute atomic E-state index is 14.5. The summed E-state index contributed by atoms with van der Waals surface area (Å²) in [6, 6.07) is 1.64. The van der Waals surface area contributed by atoms with E-state index in [0.29, 0.717) is 35.3 Å². The zero-order chi connectivity index (χ0) is 33.9. The second-order valence-electron chi connectivity index (χ2n) is 9.24. The SMILES string of the molecule is CC.CC.CC.COCc1c(C(O)C=O)cc2n(c1=O)Cc1c-2nc2cc(F)c(C)c3c2c1CCC3.[NH-]C(=O)C(N)C(N)=O.[Pd]. The van der Waals surface area contributed by atoms with E-state index in [1.54, 1.807) is 17.6 Å². The molecule has 3 heterocycles. The van der Waals surface area contributed by atoms with E-state index >= 15 is 0 Å². The van der Waals surface area contributed by atoms with Crippen molar-refractivity contribution in [2.45, 2.75) is 93.0 Å². The summed E-state index contributed by atoms with van der Waals surface area (Å²) in [6.07, 6.45) is 1.54. The number of amides is 2. The van der Waals surface area contributed by atoms with Crippen molar-refractivity contribution in [2.75, 3.05) is 7.11 Å². The number of halogens is 1. The summed E-state index contributed by atoms with van der Waals surface area (Å²) in [4.78, 5) is 48.9. The van der Waals surface area contributed by atoms with Crippen molar-refractivity contribution in [3.8, 4) is 11.4 Å². The number of rotatable bonds is 6. The molecular formula is C32H45FN5O6Pd-. The number of primary amides is 1. The van der Waals surface area contributed by atoms with Crippen LogP contribution < -0.4 is 17.0 Å². The molecule has 2 amide bonds. The number of nitrogens with one attached hydrogen (secondary N) is 1. The monoisotopic (exact) mass is 720 g/mol. The van der Waals surface area contributed by atoms with E-state index in [0.717, 1.165) is 41.3 Å². The number of hydrogen-bond donors (Lipinski definition) is 3. The van der Waals surface area contributed by atoms with Crippen LogP contribution in [0, 0.1) is 12.7 Å². The van der Waals surface area contributed by atoms with E-state index in [9.17, 15) is 28.7 Å². The Hall–Kier alpha value is -3.34. The van der Waals surface area contributed by atoms with Gasteiger partial charge in [0.05, 0.1) is 36.0 Å². The van der Waals surface area contributed by atoms with Crippen LogP contribution in [0.3, 0.4) is 0 Å². The Morgan fingerprint density at radius 3 is 2.20 bits per heavy atom. The minimum atomic E-state index is -1.46. The number of benzene rings is 1. The van der Waals surface area contributed by atoms with Crippen LogP contribution in [0.4, 0.5) is 4.39 Å². The first-order valence-electron chi connectivity index (χ1n) is 14.8. The van der Waals surface area contributed by atoms with Gasteiger partial charge in [0.2, 0.25) is 5.91 Å². The minimum Gasteiger partial charge on any atom is -0.666 e. The molecule has 0 saturated heterocycles. The molecule has 0 radical (unpaired) electrons. The number of hydrogen-bond acceptors (Lipinski definition) is 8. The summed E-state index contributed by atoms with van der Waals surface area (Å²) in [5.74, 6) is -2.40. The molecule has 45 heavy (non-hydrogen) atoms. The first-order valence-corrected chi connectivity index (χ1v) is 14.8. The number of aliphatic hydroxyl groups is 1. The third kappa shape index (κ3) is 8.68. The van der Waals surface area contributed by atoms with Gasteiger partial charge in [0, 0.05) is 55.7 Å². The molecular weight excluding hydrogens is 676 g/mol. The van der Waals surface area contributed by atoms with Gasteiger partial charge in [-0.05, 0) is 48.9 Å². The first kappa shape index (κ1) is 41.7. The van der Waals surface area contributed by atoms with Crippen LogP contribution in [0.15, 0.2) is 16.9 Å². The third-order valence-corrected chi connectivity index (χ3v) is 6.99. The predicted molar refractivity (Wildman–Crippen MR) is 170 cm³/mol. The van der Waals surface area contributed by atoms with E-state index in [2.05, 4.69) is 5.73 Å². The standard InChI is InChI=1S/C23H21FN2O4.C3H7N3O2.3C2H6.Pd/c1-11-12-4-3-5-13-15-8-26-19(22(15)25-18(21(12)13)7-17(11)24)6-14(20(28)9-27)16(10-30-2)23(26)29;4-1(2(5)7)3(6)8;3*1-2;/h6-7,9,20,28H,3-5,8,10H2,1-2H3;1H,4H2,(H4,5,6,7,8);3*1-2H3;/p-1. The average Bonchev–Trinajstić information content (AvgIpc) is 3.42. The summed E-state index contributed by atoms with van der Waals surface area (Å²) in [5, 5.41) is 11.2. The molecule has 3 aromatic rings. The Kier molecular flexibility index (Phi) is 17.8. The summed E-state index contributed by atoms with van der Waals surface area (Å²) in [5.41, 5.74) is 21.2. The molecule has 5 rings (SSSR count). The fraction of sp³-hybridized carbons (Fsp3) is 0.469. The van der Waals surface area contributed by atoms with Crippen molar-refractivity contribution < 1.29 is 49.0 Å². The summed E-state index contributed by atoms with van der Waals surface area (Å²) in [7, 11) is 1.46.